The molecule has 4 heteroatoms. The molecule has 0 aliphatic carbocycles. The van der Waals surface area contributed by atoms with Gasteiger partial charge >= 0.3 is 0 Å². The molecule has 2 rings (SSSR count). The van der Waals surface area contributed by atoms with Crippen molar-refractivity contribution in [2.75, 3.05) is 13.2 Å². The average Bonchev–Trinajstić information content (AvgIpc) is 2.93. The quantitative estimate of drug-likeness (QED) is 0.785. The van der Waals surface area contributed by atoms with Crippen molar-refractivity contribution >= 4 is 5.91 Å². The lowest BCUT2D eigenvalue weighted by Crippen LogP contribution is -2.24. The Balaban J connectivity index is 2.01. The minimum absolute atomic E-state index is 0.0901. The predicted octanol–water partition coefficient (Wildman–Crippen LogP) is 1.59. The van der Waals surface area contributed by atoms with Gasteiger partial charge in [-0.3, -0.25) is 4.79 Å². The molecule has 0 aliphatic rings. The van der Waals surface area contributed by atoms with Gasteiger partial charge in [0.25, 0.3) is 5.91 Å². The smallest absolute Gasteiger partial charge is 0.251 e. The molecule has 1 aromatic carbocycles. The second kappa shape index (κ2) is 6.02. The first-order valence-corrected chi connectivity index (χ1v) is 5.94. The van der Waals surface area contributed by atoms with Crippen LogP contribution in [-0.4, -0.2) is 28.7 Å². The van der Waals surface area contributed by atoms with E-state index in [9.17, 15) is 4.79 Å². The third-order valence-electron chi connectivity index (χ3n) is 2.65. The number of nitrogens with one attached hydrogen (secondary N) is 1. The van der Waals surface area contributed by atoms with E-state index in [1.54, 1.807) is 12.1 Å². The van der Waals surface area contributed by atoms with Gasteiger partial charge in [-0.2, -0.15) is 0 Å². The van der Waals surface area contributed by atoms with Crippen LogP contribution in [0.15, 0.2) is 48.8 Å². The normalized spacial score (nSPS) is 10.3. The molecule has 0 saturated heterocycles. The van der Waals surface area contributed by atoms with Gasteiger partial charge in [-0.05, 0) is 42.8 Å². The minimum atomic E-state index is -0.109. The summed E-state index contributed by atoms with van der Waals surface area (Å²) < 4.78 is 1.98. The summed E-state index contributed by atoms with van der Waals surface area (Å²) in [5.41, 5.74) is 1.65. The number of nitrogens with zero attached hydrogens (tertiary/aromatic N) is 1. The zero-order valence-electron chi connectivity index (χ0n) is 10.0. The van der Waals surface area contributed by atoms with E-state index in [-0.39, 0.29) is 12.5 Å². The lowest BCUT2D eigenvalue weighted by atomic mass is 10.2. The number of rotatable bonds is 5. The molecule has 0 aliphatic heterocycles. The number of aliphatic hydroxyl groups excluding tert-OH is 1. The monoisotopic (exact) mass is 244 g/mol. The SMILES string of the molecule is O=C(NCCCO)c1ccc(-n2cccc2)cc1. The van der Waals surface area contributed by atoms with Crippen LogP contribution in [0.2, 0.25) is 0 Å². The Morgan fingerprint density at radius 2 is 1.83 bits per heavy atom. The molecule has 4 nitrogen and oxygen atoms in total. The highest BCUT2D eigenvalue weighted by Gasteiger charge is 2.04. The second-order valence-corrected chi connectivity index (χ2v) is 3.97. The molecular formula is C14H16N2O2. The van der Waals surface area contributed by atoms with Gasteiger partial charge in [-0.25, -0.2) is 0 Å². The molecule has 1 aromatic heterocycles. The van der Waals surface area contributed by atoms with E-state index in [0.717, 1.165) is 5.69 Å². The van der Waals surface area contributed by atoms with Gasteiger partial charge in [0.05, 0.1) is 0 Å². The molecule has 0 bridgehead atoms. The number of hydrogen-bond donors (Lipinski definition) is 2. The standard InChI is InChI=1S/C14H16N2O2/c17-11-3-8-15-14(18)12-4-6-13(7-5-12)16-9-1-2-10-16/h1-2,4-7,9-10,17H,3,8,11H2,(H,15,18). The van der Waals surface area contributed by atoms with Crippen LogP contribution in [0, 0.1) is 0 Å². The number of carbonyl (C=O) groups excluding carboxylic acids is 1. The van der Waals surface area contributed by atoms with E-state index < -0.39 is 0 Å². The Morgan fingerprint density at radius 1 is 1.17 bits per heavy atom. The lowest BCUT2D eigenvalue weighted by molar-refractivity contribution is 0.0951. The molecule has 0 atom stereocenters. The maximum atomic E-state index is 11.7. The maximum absolute atomic E-state index is 11.7. The largest absolute Gasteiger partial charge is 0.396 e. The van der Waals surface area contributed by atoms with Crippen molar-refractivity contribution in [3.05, 3.63) is 54.4 Å². The Bertz CT molecular complexity index is 489. The first kappa shape index (κ1) is 12.4. The number of aromatic nitrogens is 1. The van der Waals surface area contributed by atoms with Crippen molar-refractivity contribution in [3.63, 3.8) is 0 Å². The fourth-order valence-corrected chi connectivity index (χ4v) is 1.67. The van der Waals surface area contributed by atoms with Crippen molar-refractivity contribution in [1.82, 2.24) is 9.88 Å². The van der Waals surface area contributed by atoms with Gasteiger partial charge in [0.1, 0.15) is 0 Å². The summed E-state index contributed by atoms with van der Waals surface area (Å²) >= 11 is 0. The van der Waals surface area contributed by atoms with Gasteiger partial charge in [0.2, 0.25) is 0 Å². The van der Waals surface area contributed by atoms with E-state index in [4.69, 9.17) is 5.11 Å². The molecule has 2 aromatic rings. The Hall–Kier alpha value is -2.07. The third-order valence-corrected chi connectivity index (χ3v) is 2.65. The molecule has 18 heavy (non-hydrogen) atoms. The van der Waals surface area contributed by atoms with Crippen molar-refractivity contribution in [2.24, 2.45) is 0 Å². The first-order chi connectivity index (χ1) is 8.81. The maximum Gasteiger partial charge on any atom is 0.251 e. The van der Waals surface area contributed by atoms with Crippen LogP contribution in [0.4, 0.5) is 0 Å². The minimum Gasteiger partial charge on any atom is -0.396 e. The number of benzene rings is 1. The van der Waals surface area contributed by atoms with Crippen LogP contribution in [0.1, 0.15) is 16.8 Å². The molecule has 0 unspecified atom stereocenters. The van der Waals surface area contributed by atoms with Crippen molar-refractivity contribution in [3.8, 4) is 5.69 Å². The second-order valence-electron chi connectivity index (χ2n) is 3.97. The summed E-state index contributed by atoms with van der Waals surface area (Å²) in [6, 6.07) is 11.3. The van der Waals surface area contributed by atoms with Crippen LogP contribution >= 0.6 is 0 Å². The summed E-state index contributed by atoms with van der Waals surface area (Å²) in [5.74, 6) is -0.109. The molecular weight excluding hydrogens is 228 g/mol. The lowest BCUT2D eigenvalue weighted by Gasteiger charge is -2.06. The van der Waals surface area contributed by atoms with Crippen LogP contribution in [-0.2, 0) is 0 Å². The van der Waals surface area contributed by atoms with E-state index in [1.165, 1.54) is 0 Å². The molecule has 0 spiro atoms. The number of hydrogen-bond acceptors (Lipinski definition) is 2. The highest BCUT2D eigenvalue weighted by molar-refractivity contribution is 5.94. The van der Waals surface area contributed by atoms with Gasteiger partial charge in [0.15, 0.2) is 0 Å². The van der Waals surface area contributed by atoms with Crippen molar-refractivity contribution < 1.29 is 9.90 Å². The highest BCUT2D eigenvalue weighted by atomic mass is 16.3. The summed E-state index contributed by atoms with van der Waals surface area (Å²) in [7, 11) is 0. The zero-order valence-corrected chi connectivity index (χ0v) is 10.0. The van der Waals surface area contributed by atoms with Gasteiger partial charge in [-0.15, -0.1) is 0 Å². The highest BCUT2D eigenvalue weighted by Crippen LogP contribution is 2.09. The molecule has 0 saturated carbocycles. The van der Waals surface area contributed by atoms with E-state index in [0.29, 0.717) is 18.5 Å². The van der Waals surface area contributed by atoms with Crippen molar-refractivity contribution in [2.45, 2.75) is 6.42 Å². The molecule has 94 valence electrons. The zero-order chi connectivity index (χ0) is 12.8. The fraction of sp³-hybridized carbons (Fsp3) is 0.214. The Morgan fingerprint density at radius 3 is 2.44 bits per heavy atom. The fourth-order valence-electron chi connectivity index (χ4n) is 1.67. The summed E-state index contributed by atoms with van der Waals surface area (Å²) in [4.78, 5) is 11.7. The van der Waals surface area contributed by atoms with Crippen LogP contribution in [0.3, 0.4) is 0 Å². The Labute approximate surface area is 106 Å². The molecule has 2 N–H and O–H groups in total. The first-order valence-electron chi connectivity index (χ1n) is 5.94. The van der Waals surface area contributed by atoms with Crippen LogP contribution < -0.4 is 5.32 Å². The van der Waals surface area contributed by atoms with Gasteiger partial charge in [0, 0.05) is 36.8 Å². The van der Waals surface area contributed by atoms with Crippen LogP contribution in [0.5, 0.6) is 0 Å². The van der Waals surface area contributed by atoms with E-state index in [2.05, 4.69) is 5.32 Å². The molecule has 0 radical (unpaired) electrons. The number of amides is 1. The topological polar surface area (TPSA) is 54.3 Å². The molecule has 1 heterocycles. The summed E-state index contributed by atoms with van der Waals surface area (Å²) in [5, 5.41) is 11.4. The van der Waals surface area contributed by atoms with Crippen LogP contribution in [0.25, 0.3) is 5.69 Å². The van der Waals surface area contributed by atoms with Crippen molar-refractivity contribution in [1.29, 1.82) is 0 Å². The predicted molar refractivity (Wildman–Crippen MR) is 69.8 cm³/mol. The Kier molecular flexibility index (Phi) is 4.15. The third kappa shape index (κ3) is 2.99. The molecule has 1 amide bonds. The van der Waals surface area contributed by atoms with Gasteiger partial charge < -0.3 is 15.0 Å². The summed E-state index contributed by atoms with van der Waals surface area (Å²) in [6.07, 6.45) is 4.49. The van der Waals surface area contributed by atoms with E-state index >= 15 is 0 Å². The van der Waals surface area contributed by atoms with E-state index in [1.807, 2.05) is 41.2 Å². The average molecular weight is 244 g/mol. The number of aliphatic hydroxyl groups is 1. The molecule has 0 fully saturated rings. The number of carbonyl (C=O) groups is 1. The van der Waals surface area contributed by atoms with Gasteiger partial charge in [-0.1, -0.05) is 0 Å². The summed E-state index contributed by atoms with van der Waals surface area (Å²) in [6.45, 7) is 0.585.